The number of pyridine rings is 2. The predicted molar refractivity (Wildman–Crippen MR) is 133 cm³/mol. The zero-order valence-electron chi connectivity index (χ0n) is 19.8. The maximum atomic E-state index is 13.2. The summed E-state index contributed by atoms with van der Waals surface area (Å²) in [7, 11) is 0. The molecule has 6 heterocycles. The van der Waals surface area contributed by atoms with E-state index in [0.29, 0.717) is 34.3 Å². The molecule has 36 heavy (non-hydrogen) atoms. The number of oxazole rings is 2. The zero-order chi connectivity index (χ0) is 24.5. The van der Waals surface area contributed by atoms with E-state index >= 15 is 0 Å². The molecule has 0 spiro atoms. The van der Waals surface area contributed by atoms with Crippen molar-refractivity contribution in [3.63, 3.8) is 0 Å². The minimum Gasteiger partial charge on any atom is -0.493 e. The monoisotopic (exact) mass is 489 g/mol. The molecule has 0 unspecified atom stereocenters. The van der Waals surface area contributed by atoms with Crippen LogP contribution in [0.15, 0.2) is 39.5 Å². The Morgan fingerprint density at radius 2 is 1.72 bits per heavy atom. The zero-order valence-corrected chi connectivity index (χ0v) is 19.8. The molecule has 2 N–H and O–H groups in total. The van der Waals surface area contributed by atoms with Crippen molar-refractivity contribution in [2.75, 3.05) is 41.3 Å². The summed E-state index contributed by atoms with van der Waals surface area (Å²) in [5.41, 5.74) is 1.97. The van der Waals surface area contributed by atoms with Crippen molar-refractivity contribution in [2.45, 2.75) is 38.5 Å². The molecule has 0 radical (unpaired) electrons. The van der Waals surface area contributed by atoms with Crippen LogP contribution in [0.2, 0.25) is 0 Å². The molecular formula is C25H27N7O4. The second-order valence-corrected chi connectivity index (χ2v) is 9.14. The quantitative estimate of drug-likeness (QED) is 0.420. The number of hydrogen-bond acceptors (Lipinski definition) is 10. The van der Waals surface area contributed by atoms with Gasteiger partial charge in [-0.05, 0) is 50.7 Å². The van der Waals surface area contributed by atoms with Crippen LogP contribution >= 0.6 is 0 Å². The summed E-state index contributed by atoms with van der Waals surface area (Å²) < 4.78 is 11.5. The van der Waals surface area contributed by atoms with E-state index in [-0.39, 0.29) is 17.5 Å². The van der Waals surface area contributed by atoms with Gasteiger partial charge in [0.25, 0.3) is 11.9 Å². The van der Waals surface area contributed by atoms with Crippen molar-refractivity contribution in [2.24, 2.45) is 0 Å². The number of hydrogen-bond donors (Lipinski definition) is 2. The minimum atomic E-state index is -0.455. The number of nitrogens with zero attached hydrogens (tertiary/aromatic N) is 6. The fraction of sp³-hybridized carbons (Fsp3) is 0.400. The minimum absolute atomic E-state index is 0.0736. The van der Waals surface area contributed by atoms with E-state index in [1.807, 2.05) is 0 Å². The van der Waals surface area contributed by atoms with Gasteiger partial charge in [-0.2, -0.15) is 4.98 Å². The first-order valence-electron chi connectivity index (χ1n) is 12.4. The molecule has 186 valence electrons. The molecule has 2 fully saturated rings. The molecule has 0 bridgehead atoms. The number of carbonyl (C=O) groups excluding carboxylic acids is 1. The van der Waals surface area contributed by atoms with Gasteiger partial charge in [0, 0.05) is 38.4 Å². The third-order valence-electron chi connectivity index (χ3n) is 6.64. The SMILES string of the molecule is O=C(Nc1cc2oc(N3CCCCC3)nc2nc1N1CCCCC1)c1coc(-c2cccnc2O)n1. The molecule has 0 aliphatic carbocycles. The summed E-state index contributed by atoms with van der Waals surface area (Å²) in [5, 5.41) is 12.9. The Labute approximate surface area is 207 Å². The second-order valence-electron chi connectivity index (χ2n) is 9.14. The topological polar surface area (TPSA) is 134 Å². The van der Waals surface area contributed by atoms with E-state index in [0.717, 1.165) is 51.9 Å². The third-order valence-corrected chi connectivity index (χ3v) is 6.64. The van der Waals surface area contributed by atoms with Crippen molar-refractivity contribution >= 4 is 34.7 Å². The maximum absolute atomic E-state index is 13.2. The van der Waals surface area contributed by atoms with Crippen LogP contribution in [0, 0.1) is 0 Å². The van der Waals surface area contributed by atoms with Crippen LogP contribution in [0.1, 0.15) is 49.0 Å². The van der Waals surface area contributed by atoms with Gasteiger partial charge in [0.1, 0.15) is 6.26 Å². The van der Waals surface area contributed by atoms with Gasteiger partial charge in [0.05, 0.1) is 11.3 Å². The van der Waals surface area contributed by atoms with E-state index in [4.69, 9.17) is 13.8 Å². The standard InChI is InChI=1S/C25H27N7O4/c33-22-16(8-7-9-26-22)24-28-18(15-35-24)23(34)27-17-14-19-20(29-21(17)31-10-3-1-4-11-31)30-25(36-19)32-12-5-2-6-13-32/h7-9,14-15H,1-6,10-13H2,(H,26,33)(H,27,34). The predicted octanol–water partition coefficient (Wildman–Crippen LogP) is 4.21. The Morgan fingerprint density at radius 3 is 2.47 bits per heavy atom. The fourth-order valence-corrected chi connectivity index (χ4v) is 4.75. The Balaban J connectivity index is 1.32. The van der Waals surface area contributed by atoms with Crippen molar-refractivity contribution in [3.05, 3.63) is 36.4 Å². The van der Waals surface area contributed by atoms with Gasteiger partial charge >= 0.3 is 0 Å². The van der Waals surface area contributed by atoms with E-state index in [1.54, 1.807) is 18.2 Å². The number of fused-ring (bicyclic) bond motifs is 1. The Hall–Kier alpha value is -4.15. The van der Waals surface area contributed by atoms with Gasteiger partial charge in [-0.25, -0.2) is 15.0 Å². The summed E-state index contributed by atoms with van der Waals surface area (Å²) >= 11 is 0. The first-order valence-corrected chi connectivity index (χ1v) is 12.4. The number of carbonyl (C=O) groups is 1. The average Bonchev–Trinajstić information content (AvgIpc) is 3.57. The summed E-state index contributed by atoms with van der Waals surface area (Å²) in [6, 6.07) is 5.63. The van der Waals surface area contributed by atoms with Crippen molar-refractivity contribution in [1.29, 1.82) is 0 Å². The van der Waals surface area contributed by atoms with Crippen molar-refractivity contribution < 1.29 is 18.7 Å². The summed E-state index contributed by atoms with van der Waals surface area (Å²) in [6.45, 7) is 3.53. The number of aromatic hydroxyl groups is 1. The molecule has 0 saturated carbocycles. The molecule has 1 amide bonds. The highest BCUT2D eigenvalue weighted by Gasteiger charge is 2.24. The molecule has 2 aliphatic rings. The van der Waals surface area contributed by atoms with E-state index in [1.165, 1.54) is 25.3 Å². The largest absolute Gasteiger partial charge is 0.493 e. The number of nitrogens with one attached hydrogen (secondary N) is 1. The van der Waals surface area contributed by atoms with Gasteiger partial charge < -0.3 is 29.1 Å². The summed E-state index contributed by atoms with van der Waals surface area (Å²) in [6.07, 6.45) is 9.46. The molecule has 2 aliphatic heterocycles. The highest BCUT2D eigenvalue weighted by atomic mass is 16.4. The average molecular weight is 490 g/mol. The summed E-state index contributed by atoms with van der Waals surface area (Å²) in [4.78, 5) is 35.0. The smallest absolute Gasteiger partial charge is 0.299 e. The molecule has 6 rings (SSSR count). The van der Waals surface area contributed by atoms with Crippen LogP contribution in [0.4, 0.5) is 17.5 Å². The number of anilines is 3. The number of amides is 1. The lowest BCUT2D eigenvalue weighted by atomic mass is 10.1. The van der Waals surface area contributed by atoms with Crippen LogP contribution in [0.25, 0.3) is 22.7 Å². The van der Waals surface area contributed by atoms with Crippen LogP contribution in [0.3, 0.4) is 0 Å². The van der Waals surface area contributed by atoms with Gasteiger partial charge in [0.2, 0.25) is 17.4 Å². The highest BCUT2D eigenvalue weighted by molar-refractivity contribution is 6.05. The molecule has 0 atom stereocenters. The Bertz CT molecular complexity index is 1390. The molecule has 2 saturated heterocycles. The normalized spacial score (nSPS) is 16.4. The lowest BCUT2D eigenvalue weighted by Gasteiger charge is -2.29. The van der Waals surface area contributed by atoms with Gasteiger partial charge in [-0.1, -0.05) is 0 Å². The van der Waals surface area contributed by atoms with E-state index in [9.17, 15) is 9.90 Å². The Kier molecular flexibility index (Phi) is 5.88. The number of aromatic nitrogens is 4. The molecule has 4 aromatic heterocycles. The van der Waals surface area contributed by atoms with Crippen LogP contribution in [-0.4, -0.2) is 57.1 Å². The van der Waals surface area contributed by atoms with Crippen molar-refractivity contribution in [1.82, 2.24) is 19.9 Å². The third kappa shape index (κ3) is 4.32. The van der Waals surface area contributed by atoms with Crippen LogP contribution in [-0.2, 0) is 0 Å². The number of rotatable bonds is 5. The van der Waals surface area contributed by atoms with E-state index in [2.05, 4.69) is 30.1 Å². The van der Waals surface area contributed by atoms with Gasteiger partial charge in [-0.3, -0.25) is 4.79 Å². The Morgan fingerprint density at radius 1 is 0.972 bits per heavy atom. The molecule has 11 nitrogen and oxygen atoms in total. The van der Waals surface area contributed by atoms with Crippen LogP contribution < -0.4 is 15.1 Å². The second kappa shape index (κ2) is 9.48. The molecular weight excluding hydrogens is 462 g/mol. The highest BCUT2D eigenvalue weighted by Crippen LogP contribution is 2.33. The van der Waals surface area contributed by atoms with E-state index < -0.39 is 5.91 Å². The molecule has 0 aromatic carbocycles. The fourth-order valence-electron chi connectivity index (χ4n) is 4.75. The lowest BCUT2D eigenvalue weighted by Crippen LogP contribution is -2.31. The molecule has 11 heteroatoms. The van der Waals surface area contributed by atoms with Gasteiger partial charge in [0.15, 0.2) is 17.1 Å². The number of piperidine rings is 2. The van der Waals surface area contributed by atoms with Gasteiger partial charge in [-0.15, -0.1) is 0 Å². The molecule has 4 aromatic rings. The van der Waals surface area contributed by atoms with Crippen LogP contribution in [0.5, 0.6) is 5.88 Å². The lowest BCUT2D eigenvalue weighted by molar-refractivity contribution is 0.102. The first-order chi connectivity index (χ1) is 17.7. The maximum Gasteiger partial charge on any atom is 0.299 e. The summed E-state index contributed by atoms with van der Waals surface area (Å²) in [5.74, 6) is 0.103. The van der Waals surface area contributed by atoms with Crippen molar-refractivity contribution in [3.8, 4) is 17.3 Å². The first kappa shape index (κ1) is 22.3.